The maximum Gasteiger partial charge on any atom is 0.222 e. The Morgan fingerprint density at radius 1 is 1.29 bits per heavy atom. The number of fused-ring (bicyclic) bond motifs is 1. The van der Waals surface area contributed by atoms with E-state index in [9.17, 15) is 4.79 Å². The second-order valence-corrected chi connectivity index (χ2v) is 6.85. The van der Waals surface area contributed by atoms with Crippen LogP contribution in [0.5, 0.6) is 5.88 Å². The van der Waals surface area contributed by atoms with Gasteiger partial charge < -0.3 is 14.4 Å². The van der Waals surface area contributed by atoms with Crippen LogP contribution in [0.2, 0.25) is 0 Å². The molecule has 0 radical (unpaired) electrons. The van der Waals surface area contributed by atoms with E-state index >= 15 is 0 Å². The van der Waals surface area contributed by atoms with Gasteiger partial charge in [0.05, 0.1) is 12.3 Å². The number of carbonyl (C=O) groups excluding carboxylic acids is 1. The SMILES string of the molecule is COCCOc1ccc2c(n1)CCN(C(=O)CCC1CCCC1)C2. The number of nitrogens with zero attached hydrogens (tertiary/aromatic N) is 2. The number of aromatic nitrogens is 1. The molecule has 0 bridgehead atoms. The van der Waals surface area contributed by atoms with Crippen molar-refractivity contribution in [2.24, 2.45) is 5.92 Å². The third-order valence-electron chi connectivity index (χ3n) is 5.15. The number of rotatable bonds is 7. The molecule has 0 aromatic carbocycles. The van der Waals surface area contributed by atoms with Gasteiger partial charge in [-0.3, -0.25) is 4.79 Å². The van der Waals surface area contributed by atoms with E-state index < -0.39 is 0 Å². The lowest BCUT2D eigenvalue weighted by molar-refractivity contribution is -0.132. The van der Waals surface area contributed by atoms with Gasteiger partial charge >= 0.3 is 0 Å². The van der Waals surface area contributed by atoms with Gasteiger partial charge in [-0.1, -0.05) is 31.7 Å². The lowest BCUT2D eigenvalue weighted by atomic mass is 10.0. The Bertz CT molecular complexity index is 556. The van der Waals surface area contributed by atoms with Crippen LogP contribution in [0.4, 0.5) is 0 Å². The minimum Gasteiger partial charge on any atom is -0.475 e. The second kappa shape index (κ2) is 8.47. The molecule has 2 heterocycles. The van der Waals surface area contributed by atoms with Crippen LogP contribution >= 0.6 is 0 Å². The number of hydrogen-bond donors (Lipinski definition) is 0. The molecule has 5 heteroatoms. The van der Waals surface area contributed by atoms with Gasteiger partial charge in [-0.15, -0.1) is 0 Å². The first-order valence-corrected chi connectivity index (χ1v) is 9.14. The fraction of sp³-hybridized carbons (Fsp3) is 0.684. The van der Waals surface area contributed by atoms with E-state index in [2.05, 4.69) is 4.98 Å². The molecule has 24 heavy (non-hydrogen) atoms. The van der Waals surface area contributed by atoms with Crippen LogP contribution in [-0.4, -0.2) is 42.7 Å². The van der Waals surface area contributed by atoms with Crippen molar-refractivity contribution in [2.45, 2.75) is 51.5 Å². The zero-order valence-electron chi connectivity index (χ0n) is 14.6. The molecule has 1 saturated carbocycles. The summed E-state index contributed by atoms with van der Waals surface area (Å²) in [7, 11) is 1.65. The monoisotopic (exact) mass is 332 g/mol. The first-order valence-electron chi connectivity index (χ1n) is 9.14. The van der Waals surface area contributed by atoms with E-state index in [1.54, 1.807) is 7.11 Å². The van der Waals surface area contributed by atoms with Crippen molar-refractivity contribution in [3.8, 4) is 5.88 Å². The van der Waals surface area contributed by atoms with Gasteiger partial charge in [0.25, 0.3) is 0 Å². The van der Waals surface area contributed by atoms with E-state index in [4.69, 9.17) is 9.47 Å². The van der Waals surface area contributed by atoms with Crippen LogP contribution in [0, 0.1) is 5.92 Å². The van der Waals surface area contributed by atoms with E-state index in [0.29, 0.717) is 38.0 Å². The first kappa shape index (κ1) is 17.2. The minimum atomic E-state index is 0.299. The maximum atomic E-state index is 12.5. The van der Waals surface area contributed by atoms with Crippen molar-refractivity contribution in [2.75, 3.05) is 26.9 Å². The zero-order chi connectivity index (χ0) is 16.8. The zero-order valence-corrected chi connectivity index (χ0v) is 14.6. The molecule has 5 nitrogen and oxygen atoms in total. The fourth-order valence-electron chi connectivity index (χ4n) is 3.70. The summed E-state index contributed by atoms with van der Waals surface area (Å²) in [5.74, 6) is 1.72. The average molecular weight is 332 g/mol. The van der Waals surface area contributed by atoms with Gasteiger partial charge in [0.1, 0.15) is 6.61 Å². The summed E-state index contributed by atoms with van der Waals surface area (Å²) in [6.07, 6.45) is 7.88. The van der Waals surface area contributed by atoms with Gasteiger partial charge in [0.15, 0.2) is 0 Å². The Morgan fingerprint density at radius 2 is 2.12 bits per heavy atom. The second-order valence-electron chi connectivity index (χ2n) is 6.85. The van der Waals surface area contributed by atoms with E-state index in [1.807, 2.05) is 17.0 Å². The average Bonchev–Trinajstić information content (AvgIpc) is 3.13. The summed E-state index contributed by atoms with van der Waals surface area (Å²) in [6, 6.07) is 3.93. The van der Waals surface area contributed by atoms with Crippen molar-refractivity contribution >= 4 is 5.91 Å². The molecule has 3 rings (SSSR count). The number of hydrogen-bond acceptors (Lipinski definition) is 4. The molecule has 0 unspecified atom stereocenters. The standard InChI is InChI=1S/C19H28N2O3/c1-23-12-13-24-18-8-7-16-14-21(11-10-17(16)20-18)19(22)9-6-15-4-2-3-5-15/h7-8,15H,2-6,9-14H2,1H3. The van der Waals surface area contributed by atoms with Crippen molar-refractivity contribution in [3.05, 3.63) is 23.4 Å². The Labute approximate surface area is 144 Å². The fourth-order valence-corrected chi connectivity index (χ4v) is 3.70. The molecule has 2 aliphatic rings. The smallest absolute Gasteiger partial charge is 0.222 e. The summed E-state index contributed by atoms with van der Waals surface area (Å²) in [6.45, 7) is 2.52. The van der Waals surface area contributed by atoms with Crippen molar-refractivity contribution in [3.63, 3.8) is 0 Å². The molecule has 1 aromatic rings. The van der Waals surface area contributed by atoms with E-state index in [-0.39, 0.29) is 0 Å². The van der Waals surface area contributed by atoms with Gasteiger partial charge in [0, 0.05) is 39.1 Å². The van der Waals surface area contributed by atoms with Crippen LogP contribution in [-0.2, 0) is 22.5 Å². The van der Waals surface area contributed by atoms with Gasteiger partial charge in [-0.25, -0.2) is 4.98 Å². The van der Waals surface area contributed by atoms with E-state index in [1.165, 1.54) is 25.7 Å². The van der Waals surface area contributed by atoms with Crippen molar-refractivity contribution < 1.29 is 14.3 Å². The number of methoxy groups -OCH3 is 1. The normalized spacial score (nSPS) is 17.8. The lowest BCUT2D eigenvalue weighted by Crippen LogP contribution is -2.36. The van der Waals surface area contributed by atoms with Crippen LogP contribution in [0.25, 0.3) is 0 Å². The highest BCUT2D eigenvalue weighted by Crippen LogP contribution is 2.29. The summed E-state index contributed by atoms with van der Waals surface area (Å²) < 4.78 is 10.5. The quantitative estimate of drug-likeness (QED) is 0.720. The molecule has 1 amide bonds. The molecule has 1 aliphatic carbocycles. The number of ether oxygens (including phenoxy) is 2. The Balaban J connectivity index is 1.51. The van der Waals surface area contributed by atoms with Gasteiger partial charge in [0.2, 0.25) is 11.8 Å². The predicted octanol–water partition coefficient (Wildman–Crippen LogP) is 2.96. The third kappa shape index (κ3) is 4.47. The summed E-state index contributed by atoms with van der Waals surface area (Å²) in [5.41, 5.74) is 2.21. The van der Waals surface area contributed by atoms with Crippen LogP contribution in [0.3, 0.4) is 0 Å². The Kier molecular flexibility index (Phi) is 6.07. The maximum absolute atomic E-state index is 12.5. The molecular weight excluding hydrogens is 304 g/mol. The lowest BCUT2D eigenvalue weighted by Gasteiger charge is -2.29. The van der Waals surface area contributed by atoms with E-state index in [0.717, 1.165) is 36.6 Å². The Morgan fingerprint density at radius 3 is 2.92 bits per heavy atom. The van der Waals surface area contributed by atoms with Crippen LogP contribution in [0.15, 0.2) is 12.1 Å². The molecule has 0 atom stereocenters. The summed E-state index contributed by atoms with van der Waals surface area (Å²) in [4.78, 5) is 19.0. The Hall–Kier alpha value is -1.62. The first-order chi connectivity index (χ1) is 11.8. The van der Waals surface area contributed by atoms with Crippen molar-refractivity contribution in [1.29, 1.82) is 0 Å². The summed E-state index contributed by atoms with van der Waals surface area (Å²) >= 11 is 0. The predicted molar refractivity (Wildman–Crippen MR) is 91.9 cm³/mol. The molecule has 1 aromatic heterocycles. The number of carbonyl (C=O) groups is 1. The third-order valence-corrected chi connectivity index (χ3v) is 5.15. The topological polar surface area (TPSA) is 51.7 Å². The van der Waals surface area contributed by atoms with Gasteiger partial charge in [-0.05, 0) is 17.9 Å². The molecule has 1 fully saturated rings. The highest BCUT2D eigenvalue weighted by atomic mass is 16.5. The molecule has 0 N–H and O–H groups in total. The van der Waals surface area contributed by atoms with Crippen LogP contribution in [0.1, 0.15) is 49.8 Å². The molecule has 132 valence electrons. The summed E-state index contributed by atoms with van der Waals surface area (Å²) in [5, 5.41) is 0. The van der Waals surface area contributed by atoms with Gasteiger partial charge in [-0.2, -0.15) is 0 Å². The highest BCUT2D eigenvalue weighted by molar-refractivity contribution is 5.76. The highest BCUT2D eigenvalue weighted by Gasteiger charge is 2.23. The largest absolute Gasteiger partial charge is 0.475 e. The molecule has 1 aliphatic heterocycles. The molecular formula is C19H28N2O3. The van der Waals surface area contributed by atoms with Crippen LogP contribution < -0.4 is 4.74 Å². The number of pyridine rings is 1. The molecule has 0 saturated heterocycles. The molecule has 0 spiro atoms. The minimum absolute atomic E-state index is 0.299. The number of amides is 1. The van der Waals surface area contributed by atoms with Crippen molar-refractivity contribution in [1.82, 2.24) is 9.88 Å².